The predicted molar refractivity (Wildman–Crippen MR) is 67.3 cm³/mol. The molecule has 2 N–H and O–H groups in total. The third-order valence-electron chi connectivity index (χ3n) is 1.91. The van der Waals surface area contributed by atoms with E-state index < -0.39 is 5.97 Å². The molecule has 0 saturated carbocycles. The first-order valence-corrected chi connectivity index (χ1v) is 5.96. The van der Waals surface area contributed by atoms with Crippen LogP contribution in [0.1, 0.15) is 10.4 Å². The maximum absolute atomic E-state index is 11.3. The van der Waals surface area contributed by atoms with Crippen LogP contribution in [-0.4, -0.2) is 29.3 Å². The van der Waals surface area contributed by atoms with Crippen molar-refractivity contribution in [2.24, 2.45) is 0 Å². The van der Waals surface area contributed by atoms with Gasteiger partial charge in [0.15, 0.2) is 0 Å². The van der Waals surface area contributed by atoms with Crippen LogP contribution < -0.4 is 5.32 Å². The van der Waals surface area contributed by atoms with Crippen LogP contribution in [0.5, 0.6) is 0 Å². The lowest BCUT2D eigenvalue weighted by Crippen LogP contribution is -2.24. The normalized spacial score (nSPS) is 9.65. The molecule has 0 spiro atoms. The van der Waals surface area contributed by atoms with E-state index in [1.54, 1.807) is 18.2 Å². The topological polar surface area (TPSA) is 66.4 Å². The van der Waals surface area contributed by atoms with Gasteiger partial charge in [-0.2, -0.15) is 0 Å². The van der Waals surface area contributed by atoms with Crippen molar-refractivity contribution < 1.29 is 14.7 Å². The number of amides is 1. The highest BCUT2D eigenvalue weighted by molar-refractivity contribution is 8.00. The number of nitrogens with one attached hydrogen (secondary N) is 1. The maximum Gasteiger partial charge on any atom is 0.335 e. The zero-order chi connectivity index (χ0) is 12.7. The third-order valence-corrected chi connectivity index (χ3v) is 2.93. The van der Waals surface area contributed by atoms with Crippen LogP contribution in [0.15, 0.2) is 41.8 Å². The minimum absolute atomic E-state index is 0.0720. The highest BCUT2D eigenvalue weighted by Crippen LogP contribution is 2.18. The van der Waals surface area contributed by atoms with E-state index in [0.29, 0.717) is 12.3 Å². The largest absolute Gasteiger partial charge is 0.478 e. The zero-order valence-electron chi connectivity index (χ0n) is 9.18. The molecular weight excluding hydrogens is 238 g/mol. The Labute approximate surface area is 104 Å². The number of hydrogen-bond donors (Lipinski definition) is 2. The number of carboxylic acid groups (broad SMARTS) is 1. The predicted octanol–water partition coefficient (Wildman–Crippen LogP) is 1.78. The molecule has 4 nitrogen and oxygen atoms in total. The van der Waals surface area contributed by atoms with E-state index in [-0.39, 0.29) is 11.5 Å². The Hall–Kier alpha value is -1.75. The lowest BCUT2D eigenvalue weighted by atomic mass is 10.2. The van der Waals surface area contributed by atoms with Crippen molar-refractivity contribution in [2.75, 3.05) is 12.3 Å². The fourth-order valence-electron chi connectivity index (χ4n) is 1.08. The van der Waals surface area contributed by atoms with E-state index in [1.165, 1.54) is 23.9 Å². The van der Waals surface area contributed by atoms with E-state index >= 15 is 0 Å². The number of rotatable bonds is 6. The molecule has 0 unspecified atom stereocenters. The molecule has 0 aliphatic carbocycles. The second-order valence-electron chi connectivity index (χ2n) is 3.21. The molecule has 0 aromatic heterocycles. The highest BCUT2D eigenvalue weighted by Gasteiger charge is 2.04. The Kier molecular flexibility index (Phi) is 5.29. The van der Waals surface area contributed by atoms with Gasteiger partial charge in [-0.25, -0.2) is 4.79 Å². The van der Waals surface area contributed by atoms with Crippen molar-refractivity contribution in [3.8, 4) is 0 Å². The molecule has 90 valence electrons. The monoisotopic (exact) mass is 251 g/mol. The first-order valence-electron chi connectivity index (χ1n) is 4.97. The average Bonchev–Trinajstić information content (AvgIpc) is 2.34. The number of carbonyl (C=O) groups is 2. The van der Waals surface area contributed by atoms with Gasteiger partial charge in [0.2, 0.25) is 5.91 Å². The molecule has 0 aliphatic rings. The molecule has 17 heavy (non-hydrogen) atoms. The van der Waals surface area contributed by atoms with Gasteiger partial charge in [-0.1, -0.05) is 6.08 Å². The Morgan fingerprint density at radius 3 is 2.53 bits per heavy atom. The molecule has 1 rings (SSSR count). The summed E-state index contributed by atoms with van der Waals surface area (Å²) in [5.41, 5.74) is 0.241. The van der Waals surface area contributed by atoms with Gasteiger partial charge in [0.05, 0.1) is 11.3 Å². The summed E-state index contributed by atoms with van der Waals surface area (Å²) in [5.74, 6) is -0.720. The van der Waals surface area contributed by atoms with Gasteiger partial charge in [-0.3, -0.25) is 4.79 Å². The second-order valence-corrected chi connectivity index (χ2v) is 4.26. The zero-order valence-corrected chi connectivity index (χ0v) is 10.00. The summed E-state index contributed by atoms with van der Waals surface area (Å²) < 4.78 is 0. The third kappa shape index (κ3) is 4.74. The van der Waals surface area contributed by atoms with Crippen molar-refractivity contribution in [1.82, 2.24) is 5.32 Å². The standard InChI is InChI=1S/C12H13NO3S/c1-2-7-13-11(14)8-17-10-5-3-9(4-6-10)12(15)16/h2-6H,1,7-8H2,(H,13,14)(H,15,16). The van der Waals surface area contributed by atoms with E-state index in [2.05, 4.69) is 11.9 Å². The van der Waals surface area contributed by atoms with Crippen molar-refractivity contribution in [1.29, 1.82) is 0 Å². The molecule has 0 bridgehead atoms. The maximum atomic E-state index is 11.3. The van der Waals surface area contributed by atoms with Crippen LogP contribution >= 0.6 is 11.8 Å². The summed E-state index contributed by atoms with van der Waals surface area (Å²) >= 11 is 1.36. The molecule has 0 atom stereocenters. The van der Waals surface area contributed by atoms with Gasteiger partial charge >= 0.3 is 5.97 Å². The Balaban J connectivity index is 2.44. The van der Waals surface area contributed by atoms with Crippen LogP contribution in [0, 0.1) is 0 Å². The van der Waals surface area contributed by atoms with Crippen LogP contribution in [-0.2, 0) is 4.79 Å². The number of thioether (sulfide) groups is 1. The number of carboxylic acids is 1. The summed E-state index contributed by atoms with van der Waals surface area (Å²) in [6.07, 6.45) is 1.62. The summed E-state index contributed by atoms with van der Waals surface area (Å²) in [4.78, 5) is 22.8. The Morgan fingerprint density at radius 2 is 2.00 bits per heavy atom. The van der Waals surface area contributed by atoms with Crippen molar-refractivity contribution >= 4 is 23.6 Å². The van der Waals surface area contributed by atoms with Crippen LogP contribution in [0.3, 0.4) is 0 Å². The molecule has 1 amide bonds. The SMILES string of the molecule is C=CCNC(=O)CSc1ccc(C(=O)O)cc1. The average molecular weight is 251 g/mol. The summed E-state index contributed by atoms with van der Waals surface area (Å²) in [6.45, 7) is 3.96. The second kappa shape index (κ2) is 6.75. The van der Waals surface area contributed by atoms with E-state index in [1.807, 2.05) is 0 Å². The van der Waals surface area contributed by atoms with Crippen molar-refractivity contribution in [3.05, 3.63) is 42.5 Å². The summed E-state index contributed by atoms with van der Waals surface area (Å²) in [7, 11) is 0. The molecule has 5 heteroatoms. The van der Waals surface area contributed by atoms with Gasteiger partial charge in [0.25, 0.3) is 0 Å². The molecule has 1 aromatic rings. The molecule has 1 aromatic carbocycles. The van der Waals surface area contributed by atoms with Gasteiger partial charge in [-0.15, -0.1) is 18.3 Å². The molecule has 0 heterocycles. The van der Waals surface area contributed by atoms with Crippen molar-refractivity contribution in [2.45, 2.75) is 4.90 Å². The quantitative estimate of drug-likeness (QED) is 0.597. The summed E-state index contributed by atoms with van der Waals surface area (Å²) in [6, 6.07) is 6.42. The van der Waals surface area contributed by atoms with E-state index in [0.717, 1.165) is 4.90 Å². The van der Waals surface area contributed by atoms with E-state index in [4.69, 9.17) is 5.11 Å². The Bertz CT molecular complexity index is 414. The molecule has 0 radical (unpaired) electrons. The lowest BCUT2D eigenvalue weighted by Gasteiger charge is -2.03. The number of aromatic carboxylic acids is 1. The lowest BCUT2D eigenvalue weighted by molar-refractivity contribution is -0.118. The van der Waals surface area contributed by atoms with Gasteiger partial charge in [0, 0.05) is 11.4 Å². The fourth-order valence-corrected chi connectivity index (χ4v) is 1.81. The number of hydrogen-bond acceptors (Lipinski definition) is 3. The van der Waals surface area contributed by atoms with E-state index in [9.17, 15) is 9.59 Å². The van der Waals surface area contributed by atoms with Crippen LogP contribution in [0.25, 0.3) is 0 Å². The molecular formula is C12H13NO3S. The summed E-state index contributed by atoms with van der Waals surface area (Å²) in [5, 5.41) is 11.4. The molecule has 0 fully saturated rings. The van der Waals surface area contributed by atoms with Gasteiger partial charge < -0.3 is 10.4 Å². The van der Waals surface area contributed by atoms with Crippen molar-refractivity contribution in [3.63, 3.8) is 0 Å². The van der Waals surface area contributed by atoms with Gasteiger partial charge in [0.1, 0.15) is 0 Å². The number of carbonyl (C=O) groups excluding carboxylic acids is 1. The minimum Gasteiger partial charge on any atom is -0.478 e. The van der Waals surface area contributed by atoms with Crippen LogP contribution in [0.4, 0.5) is 0 Å². The fraction of sp³-hybridized carbons (Fsp3) is 0.167. The number of benzene rings is 1. The highest BCUT2D eigenvalue weighted by atomic mass is 32.2. The minimum atomic E-state index is -0.953. The first-order chi connectivity index (χ1) is 8.13. The molecule has 0 saturated heterocycles. The smallest absolute Gasteiger partial charge is 0.335 e. The molecule has 0 aliphatic heterocycles. The van der Waals surface area contributed by atoms with Crippen LogP contribution in [0.2, 0.25) is 0 Å². The Morgan fingerprint density at radius 1 is 1.35 bits per heavy atom. The first kappa shape index (κ1) is 13.3. The van der Waals surface area contributed by atoms with Gasteiger partial charge in [-0.05, 0) is 24.3 Å².